The van der Waals surface area contributed by atoms with Crippen molar-refractivity contribution in [3.63, 3.8) is 0 Å². The lowest BCUT2D eigenvalue weighted by Gasteiger charge is -2.48. The second-order valence-corrected chi connectivity index (χ2v) is 6.75. The quantitative estimate of drug-likeness (QED) is 0.894. The molecule has 4 rings (SSSR count). The second-order valence-electron chi connectivity index (χ2n) is 6.75. The van der Waals surface area contributed by atoms with E-state index in [2.05, 4.69) is 53.8 Å². The first kappa shape index (κ1) is 14.6. The molecule has 1 atom stereocenters. The maximum atomic E-state index is 9.02. The molecule has 2 N–H and O–H groups in total. The number of hydrogen-bond donors (Lipinski definition) is 2. The summed E-state index contributed by atoms with van der Waals surface area (Å²) in [6, 6.07) is 17.1. The highest BCUT2D eigenvalue weighted by Crippen LogP contribution is 2.49. The zero-order chi connectivity index (χ0) is 15.7. The molecule has 1 saturated carbocycles. The number of aliphatic hydroxyl groups is 1. The Labute approximate surface area is 137 Å². The molecule has 0 saturated heterocycles. The van der Waals surface area contributed by atoms with E-state index in [9.17, 15) is 0 Å². The van der Waals surface area contributed by atoms with Gasteiger partial charge in [0.15, 0.2) is 0 Å². The van der Waals surface area contributed by atoms with E-state index < -0.39 is 0 Å². The summed E-state index contributed by atoms with van der Waals surface area (Å²) >= 11 is 0. The van der Waals surface area contributed by atoms with Gasteiger partial charge in [0.1, 0.15) is 11.4 Å². The molecule has 23 heavy (non-hydrogen) atoms. The summed E-state index contributed by atoms with van der Waals surface area (Å²) < 4.78 is 6.31. The van der Waals surface area contributed by atoms with Crippen molar-refractivity contribution >= 4 is 5.69 Å². The average Bonchev–Trinajstić information content (AvgIpc) is 2.55. The number of aliphatic hydroxyl groups excluding tert-OH is 1. The van der Waals surface area contributed by atoms with Gasteiger partial charge in [0.2, 0.25) is 0 Å². The van der Waals surface area contributed by atoms with Crippen LogP contribution in [0.25, 0.3) is 0 Å². The van der Waals surface area contributed by atoms with Gasteiger partial charge in [0, 0.05) is 24.3 Å². The van der Waals surface area contributed by atoms with Crippen LogP contribution in [0.5, 0.6) is 5.75 Å². The van der Waals surface area contributed by atoms with Gasteiger partial charge in [-0.15, -0.1) is 0 Å². The summed E-state index contributed by atoms with van der Waals surface area (Å²) in [5.74, 6) is 1.04. The third-order valence-electron chi connectivity index (χ3n) is 5.16. The van der Waals surface area contributed by atoms with Crippen LogP contribution in [-0.2, 0) is 6.42 Å². The Balaban J connectivity index is 1.57. The van der Waals surface area contributed by atoms with Gasteiger partial charge in [0.05, 0.1) is 6.04 Å². The van der Waals surface area contributed by atoms with Crippen molar-refractivity contribution in [2.45, 2.75) is 43.7 Å². The number of hydrogen-bond acceptors (Lipinski definition) is 3. The third-order valence-corrected chi connectivity index (χ3v) is 5.16. The molecule has 1 spiro atoms. The van der Waals surface area contributed by atoms with E-state index in [1.165, 1.54) is 17.5 Å². The number of ether oxygens (including phenoxy) is 1. The standard InChI is InChI=1S/C20H23NO2/c22-13-10-15-6-8-16(9-7-15)21-18-14-20(11-3-12-20)23-19-5-2-1-4-17(18)19/h1-2,4-9,18,21-22H,3,10-14H2. The molecule has 3 nitrogen and oxygen atoms in total. The van der Waals surface area contributed by atoms with Crippen molar-refractivity contribution in [1.82, 2.24) is 0 Å². The van der Waals surface area contributed by atoms with E-state index in [-0.39, 0.29) is 12.2 Å². The Kier molecular flexibility index (Phi) is 3.74. The van der Waals surface area contributed by atoms with Crippen molar-refractivity contribution in [2.75, 3.05) is 11.9 Å². The summed E-state index contributed by atoms with van der Waals surface area (Å²) in [6.07, 6.45) is 5.33. The highest BCUT2D eigenvalue weighted by atomic mass is 16.5. The Morgan fingerprint density at radius 2 is 1.87 bits per heavy atom. The Hall–Kier alpha value is -2.00. The van der Waals surface area contributed by atoms with Gasteiger partial charge in [-0.2, -0.15) is 0 Å². The fourth-order valence-electron chi connectivity index (χ4n) is 3.72. The van der Waals surface area contributed by atoms with Crippen molar-refractivity contribution < 1.29 is 9.84 Å². The number of anilines is 1. The van der Waals surface area contributed by atoms with Crippen molar-refractivity contribution in [3.05, 3.63) is 59.7 Å². The number of nitrogens with one attached hydrogen (secondary N) is 1. The number of rotatable bonds is 4. The molecule has 0 aromatic heterocycles. The predicted octanol–water partition coefficient (Wildman–Crippen LogP) is 4.08. The first-order chi connectivity index (χ1) is 11.3. The number of para-hydroxylation sites is 1. The van der Waals surface area contributed by atoms with Crippen LogP contribution in [0.1, 0.15) is 42.9 Å². The molecule has 1 aliphatic carbocycles. The van der Waals surface area contributed by atoms with Gasteiger partial charge >= 0.3 is 0 Å². The van der Waals surface area contributed by atoms with E-state index in [4.69, 9.17) is 9.84 Å². The predicted molar refractivity (Wildman–Crippen MR) is 91.9 cm³/mol. The van der Waals surface area contributed by atoms with Crippen LogP contribution in [0.4, 0.5) is 5.69 Å². The molecule has 3 heteroatoms. The molecule has 1 fully saturated rings. The summed E-state index contributed by atoms with van der Waals surface area (Å²) in [4.78, 5) is 0. The summed E-state index contributed by atoms with van der Waals surface area (Å²) in [6.45, 7) is 0.197. The van der Waals surface area contributed by atoms with E-state index in [1.54, 1.807) is 0 Å². The number of benzene rings is 2. The summed E-state index contributed by atoms with van der Waals surface area (Å²) in [5, 5.41) is 12.7. The summed E-state index contributed by atoms with van der Waals surface area (Å²) in [5.41, 5.74) is 3.59. The van der Waals surface area contributed by atoms with Gasteiger partial charge in [-0.05, 0) is 49.4 Å². The first-order valence-electron chi connectivity index (χ1n) is 8.52. The van der Waals surface area contributed by atoms with Crippen molar-refractivity contribution in [1.29, 1.82) is 0 Å². The molecular weight excluding hydrogens is 286 g/mol. The van der Waals surface area contributed by atoms with Gasteiger partial charge < -0.3 is 15.2 Å². The molecular formula is C20H23NO2. The van der Waals surface area contributed by atoms with Crippen molar-refractivity contribution in [2.24, 2.45) is 0 Å². The second kappa shape index (κ2) is 5.89. The van der Waals surface area contributed by atoms with E-state index in [1.807, 2.05) is 0 Å². The van der Waals surface area contributed by atoms with Gasteiger partial charge in [-0.25, -0.2) is 0 Å². The minimum Gasteiger partial charge on any atom is -0.487 e. The van der Waals surface area contributed by atoms with Crippen LogP contribution in [0.2, 0.25) is 0 Å². The molecule has 2 aromatic rings. The molecule has 1 unspecified atom stereocenters. The van der Waals surface area contributed by atoms with Gasteiger partial charge in [-0.3, -0.25) is 0 Å². The topological polar surface area (TPSA) is 41.5 Å². The minimum absolute atomic E-state index is 0.0445. The molecule has 0 radical (unpaired) electrons. The zero-order valence-corrected chi connectivity index (χ0v) is 13.3. The minimum atomic E-state index is 0.0445. The lowest BCUT2D eigenvalue weighted by Crippen LogP contribution is -2.48. The highest BCUT2D eigenvalue weighted by Gasteiger charge is 2.45. The van der Waals surface area contributed by atoms with E-state index >= 15 is 0 Å². The van der Waals surface area contributed by atoms with Crippen LogP contribution in [-0.4, -0.2) is 17.3 Å². The molecule has 2 aliphatic rings. The largest absolute Gasteiger partial charge is 0.487 e. The highest BCUT2D eigenvalue weighted by molar-refractivity contribution is 5.50. The maximum Gasteiger partial charge on any atom is 0.125 e. The molecule has 0 amide bonds. The van der Waals surface area contributed by atoms with Crippen LogP contribution in [0.3, 0.4) is 0 Å². The normalized spacial score (nSPS) is 21.2. The smallest absolute Gasteiger partial charge is 0.125 e. The molecule has 0 bridgehead atoms. The lowest BCUT2D eigenvalue weighted by molar-refractivity contribution is -0.0309. The van der Waals surface area contributed by atoms with E-state index in [0.717, 1.165) is 30.7 Å². The fraction of sp³-hybridized carbons (Fsp3) is 0.400. The van der Waals surface area contributed by atoms with Crippen LogP contribution in [0, 0.1) is 0 Å². The van der Waals surface area contributed by atoms with Crippen LogP contribution >= 0.6 is 0 Å². The number of fused-ring (bicyclic) bond motifs is 1. The Morgan fingerprint density at radius 3 is 2.57 bits per heavy atom. The first-order valence-corrected chi connectivity index (χ1v) is 8.52. The average molecular weight is 309 g/mol. The molecule has 2 aromatic carbocycles. The van der Waals surface area contributed by atoms with E-state index in [0.29, 0.717) is 12.5 Å². The Morgan fingerprint density at radius 1 is 1.09 bits per heavy atom. The maximum absolute atomic E-state index is 9.02. The van der Waals surface area contributed by atoms with Crippen molar-refractivity contribution in [3.8, 4) is 5.75 Å². The van der Waals surface area contributed by atoms with Gasteiger partial charge in [0.25, 0.3) is 0 Å². The van der Waals surface area contributed by atoms with Crippen LogP contribution in [0.15, 0.2) is 48.5 Å². The lowest BCUT2D eigenvalue weighted by atomic mass is 9.73. The third kappa shape index (κ3) is 2.81. The summed E-state index contributed by atoms with van der Waals surface area (Å²) in [7, 11) is 0. The molecule has 1 heterocycles. The fourth-order valence-corrected chi connectivity index (χ4v) is 3.72. The molecule has 120 valence electrons. The monoisotopic (exact) mass is 309 g/mol. The van der Waals surface area contributed by atoms with Gasteiger partial charge in [-0.1, -0.05) is 30.3 Å². The zero-order valence-electron chi connectivity index (χ0n) is 13.3. The molecule has 1 aliphatic heterocycles. The Bertz CT molecular complexity index is 676. The SMILES string of the molecule is OCCc1ccc(NC2CC3(CCC3)Oc3ccccc32)cc1. The van der Waals surface area contributed by atoms with Crippen LogP contribution < -0.4 is 10.1 Å².